The maximum atomic E-state index is 12.0. The number of ether oxygens (including phenoxy) is 1. The van der Waals surface area contributed by atoms with Crippen molar-refractivity contribution in [2.45, 2.75) is 38.6 Å². The Morgan fingerprint density at radius 3 is 2.35 bits per heavy atom. The number of hydrogen-bond acceptors (Lipinski definition) is 2. The van der Waals surface area contributed by atoms with E-state index in [1.165, 1.54) is 24.3 Å². The maximum Gasteiger partial charge on any atom is 0.573 e. The van der Waals surface area contributed by atoms with Gasteiger partial charge in [-0.3, -0.25) is 4.79 Å². The zero-order valence-corrected chi connectivity index (χ0v) is 11.0. The molecule has 110 valence electrons. The van der Waals surface area contributed by atoms with Crippen LogP contribution in [0.25, 0.3) is 0 Å². The molecule has 1 atom stereocenters. The third-order valence-electron chi connectivity index (χ3n) is 3.45. The molecule has 1 aliphatic rings. The molecule has 0 aliphatic heterocycles. The van der Waals surface area contributed by atoms with Crippen molar-refractivity contribution in [2.24, 2.45) is 5.92 Å². The molecule has 1 N–H and O–H groups in total. The van der Waals surface area contributed by atoms with Crippen molar-refractivity contribution < 1.29 is 22.7 Å². The second-order valence-electron chi connectivity index (χ2n) is 4.97. The molecule has 1 fully saturated rings. The van der Waals surface area contributed by atoms with Crippen LogP contribution in [0.15, 0.2) is 24.3 Å². The van der Waals surface area contributed by atoms with Gasteiger partial charge in [0.1, 0.15) is 5.75 Å². The van der Waals surface area contributed by atoms with Gasteiger partial charge in [-0.05, 0) is 37.5 Å². The first-order valence-electron chi connectivity index (χ1n) is 6.51. The van der Waals surface area contributed by atoms with E-state index in [1.54, 1.807) is 6.92 Å². The summed E-state index contributed by atoms with van der Waals surface area (Å²) >= 11 is 0. The van der Waals surface area contributed by atoms with E-state index in [9.17, 15) is 18.0 Å². The normalized spacial score (nSPS) is 17.2. The van der Waals surface area contributed by atoms with Crippen LogP contribution in [0.4, 0.5) is 13.2 Å². The van der Waals surface area contributed by atoms with Crippen molar-refractivity contribution >= 4 is 5.91 Å². The molecule has 1 amide bonds. The fraction of sp³-hybridized carbons (Fsp3) is 0.500. The average Bonchev–Trinajstić information content (AvgIpc) is 2.24. The lowest BCUT2D eigenvalue weighted by Gasteiger charge is -2.26. The van der Waals surface area contributed by atoms with Gasteiger partial charge in [0, 0.05) is 5.92 Å². The minimum Gasteiger partial charge on any atom is -0.406 e. The van der Waals surface area contributed by atoms with Gasteiger partial charge in [-0.2, -0.15) is 0 Å². The van der Waals surface area contributed by atoms with E-state index in [1.807, 2.05) is 0 Å². The molecule has 0 spiro atoms. The first kappa shape index (κ1) is 14.7. The van der Waals surface area contributed by atoms with E-state index in [0.717, 1.165) is 24.8 Å². The van der Waals surface area contributed by atoms with Crippen LogP contribution < -0.4 is 10.1 Å². The van der Waals surface area contributed by atoms with E-state index in [4.69, 9.17) is 0 Å². The number of amides is 1. The van der Waals surface area contributed by atoms with Gasteiger partial charge < -0.3 is 10.1 Å². The number of alkyl halides is 3. The van der Waals surface area contributed by atoms with Gasteiger partial charge in [-0.15, -0.1) is 13.2 Å². The summed E-state index contributed by atoms with van der Waals surface area (Å²) in [6.07, 6.45) is -1.78. The molecule has 0 radical (unpaired) electrons. The molecule has 3 nitrogen and oxygen atoms in total. The van der Waals surface area contributed by atoms with Crippen LogP contribution >= 0.6 is 0 Å². The summed E-state index contributed by atoms with van der Waals surface area (Å²) < 4.78 is 39.9. The summed E-state index contributed by atoms with van der Waals surface area (Å²) in [5.41, 5.74) is 0.743. The molecule has 0 unspecified atom stereocenters. The molecule has 0 aromatic heterocycles. The van der Waals surface area contributed by atoms with Gasteiger partial charge in [-0.1, -0.05) is 18.6 Å². The minimum atomic E-state index is -4.69. The molecule has 2 rings (SSSR count). The third kappa shape index (κ3) is 3.88. The smallest absolute Gasteiger partial charge is 0.406 e. The van der Waals surface area contributed by atoms with E-state index >= 15 is 0 Å². The monoisotopic (exact) mass is 287 g/mol. The van der Waals surface area contributed by atoms with Gasteiger partial charge in [0.05, 0.1) is 6.04 Å². The lowest BCUT2D eigenvalue weighted by atomic mass is 9.84. The van der Waals surface area contributed by atoms with Crippen molar-refractivity contribution in [3.8, 4) is 5.75 Å². The number of halogens is 3. The molecular weight excluding hydrogens is 271 g/mol. The number of rotatable bonds is 4. The van der Waals surface area contributed by atoms with Crippen LogP contribution in [0.5, 0.6) is 5.75 Å². The van der Waals surface area contributed by atoms with Crippen molar-refractivity contribution in [2.75, 3.05) is 0 Å². The van der Waals surface area contributed by atoms with Crippen LogP contribution in [-0.4, -0.2) is 12.3 Å². The average molecular weight is 287 g/mol. The quantitative estimate of drug-likeness (QED) is 0.919. The SMILES string of the molecule is C[C@H](NC(=O)C1CCC1)c1ccc(OC(F)(F)F)cc1. The number of benzene rings is 1. The highest BCUT2D eigenvalue weighted by Crippen LogP contribution is 2.28. The van der Waals surface area contributed by atoms with Crippen LogP contribution in [0.3, 0.4) is 0 Å². The Morgan fingerprint density at radius 1 is 1.30 bits per heavy atom. The largest absolute Gasteiger partial charge is 0.573 e. The van der Waals surface area contributed by atoms with Crippen LogP contribution in [-0.2, 0) is 4.79 Å². The Bertz CT molecular complexity index is 466. The number of carbonyl (C=O) groups excluding carboxylic acids is 1. The first-order valence-corrected chi connectivity index (χ1v) is 6.51. The van der Waals surface area contributed by atoms with Gasteiger partial charge in [0.15, 0.2) is 0 Å². The van der Waals surface area contributed by atoms with E-state index in [-0.39, 0.29) is 23.6 Å². The number of carbonyl (C=O) groups is 1. The molecule has 0 bridgehead atoms. The molecule has 1 saturated carbocycles. The molecule has 1 aromatic rings. The maximum absolute atomic E-state index is 12.0. The van der Waals surface area contributed by atoms with Crippen molar-refractivity contribution in [3.63, 3.8) is 0 Å². The van der Waals surface area contributed by atoms with Crippen LogP contribution in [0.2, 0.25) is 0 Å². The molecule has 1 aliphatic carbocycles. The Kier molecular flexibility index (Phi) is 4.20. The summed E-state index contributed by atoms with van der Waals surface area (Å²) in [6.45, 7) is 1.80. The molecule has 1 aromatic carbocycles. The number of nitrogens with one attached hydrogen (secondary N) is 1. The zero-order chi connectivity index (χ0) is 14.8. The lowest BCUT2D eigenvalue weighted by Crippen LogP contribution is -2.35. The van der Waals surface area contributed by atoms with Crippen LogP contribution in [0, 0.1) is 5.92 Å². The predicted molar refractivity (Wildman–Crippen MR) is 67.0 cm³/mol. The summed E-state index contributed by atoms with van der Waals surface area (Å²) in [6, 6.07) is 5.30. The van der Waals surface area contributed by atoms with Crippen molar-refractivity contribution in [3.05, 3.63) is 29.8 Å². The molecule has 20 heavy (non-hydrogen) atoms. The highest BCUT2D eigenvalue weighted by molar-refractivity contribution is 5.79. The van der Waals surface area contributed by atoms with Crippen molar-refractivity contribution in [1.82, 2.24) is 5.32 Å². The topological polar surface area (TPSA) is 38.3 Å². The van der Waals surface area contributed by atoms with Gasteiger partial charge in [0.25, 0.3) is 0 Å². The predicted octanol–water partition coefficient (Wildman–Crippen LogP) is 3.56. The summed E-state index contributed by atoms with van der Waals surface area (Å²) in [5.74, 6) is -0.163. The minimum absolute atomic E-state index is 0.0133. The number of hydrogen-bond donors (Lipinski definition) is 1. The second-order valence-corrected chi connectivity index (χ2v) is 4.97. The highest BCUT2D eigenvalue weighted by Gasteiger charge is 2.31. The molecule has 6 heteroatoms. The van der Waals surface area contributed by atoms with Crippen molar-refractivity contribution in [1.29, 1.82) is 0 Å². The van der Waals surface area contributed by atoms with Crippen LogP contribution in [0.1, 0.15) is 37.8 Å². The molecular formula is C14H16F3NO2. The fourth-order valence-electron chi connectivity index (χ4n) is 2.04. The summed E-state index contributed by atoms with van der Waals surface area (Å²) in [4.78, 5) is 11.8. The van der Waals surface area contributed by atoms with E-state index in [2.05, 4.69) is 10.1 Å². The Labute approximate surface area is 115 Å². The third-order valence-corrected chi connectivity index (χ3v) is 3.45. The Hall–Kier alpha value is -1.72. The fourth-order valence-corrected chi connectivity index (χ4v) is 2.04. The zero-order valence-electron chi connectivity index (χ0n) is 11.0. The van der Waals surface area contributed by atoms with E-state index < -0.39 is 6.36 Å². The molecule has 0 heterocycles. The first-order chi connectivity index (χ1) is 9.35. The van der Waals surface area contributed by atoms with Gasteiger partial charge in [-0.25, -0.2) is 0 Å². The molecule has 0 saturated heterocycles. The lowest BCUT2D eigenvalue weighted by molar-refractivity contribution is -0.274. The van der Waals surface area contributed by atoms with E-state index in [0.29, 0.717) is 0 Å². The summed E-state index contributed by atoms with van der Waals surface area (Å²) in [7, 11) is 0. The summed E-state index contributed by atoms with van der Waals surface area (Å²) in [5, 5.41) is 2.86. The Balaban J connectivity index is 1.93. The Morgan fingerprint density at radius 2 is 1.90 bits per heavy atom. The highest BCUT2D eigenvalue weighted by atomic mass is 19.4. The van der Waals surface area contributed by atoms with Gasteiger partial charge >= 0.3 is 6.36 Å². The van der Waals surface area contributed by atoms with Gasteiger partial charge in [0.2, 0.25) is 5.91 Å². The second kappa shape index (κ2) is 5.73. The standard InChI is InChI=1S/C14H16F3NO2/c1-9(18-13(19)11-3-2-4-11)10-5-7-12(8-6-10)20-14(15,16)17/h5-9,11H,2-4H2,1H3,(H,18,19)/t9-/m0/s1.